The number of carbonyl (C=O) groups is 2. The molecule has 0 saturated carbocycles. The minimum atomic E-state index is -1.03. The number of hydrogen-bond acceptors (Lipinski definition) is 4. The maximum Gasteiger partial charge on any atom is 0.214 e. The van der Waals surface area contributed by atoms with Gasteiger partial charge in [-0.15, -0.1) is 0 Å². The predicted molar refractivity (Wildman–Crippen MR) is 26.1 cm³/mol. The highest BCUT2D eigenvalue weighted by Gasteiger charge is 2.08. The molecule has 0 spiro atoms. The van der Waals surface area contributed by atoms with Crippen molar-refractivity contribution >= 4 is 12.1 Å². The van der Waals surface area contributed by atoms with Crippen LogP contribution in [0.3, 0.4) is 0 Å². The Kier molecular flexibility index (Phi) is 2.98. The maximum absolute atomic E-state index is 10.1. The molecule has 0 amide bonds. The first-order chi connectivity index (χ1) is 3.72. The summed E-state index contributed by atoms with van der Waals surface area (Å²) in [5.41, 5.74) is 4.90. The van der Waals surface area contributed by atoms with Crippen molar-refractivity contribution in [2.75, 3.05) is 6.61 Å². The highest BCUT2D eigenvalue weighted by molar-refractivity contribution is 6.27. The van der Waals surface area contributed by atoms with Gasteiger partial charge in [0, 0.05) is 0 Å². The fraction of sp³-hybridized carbons (Fsp3) is 0.500. The van der Waals surface area contributed by atoms with Gasteiger partial charge in [-0.3, -0.25) is 9.59 Å². The minimum Gasteiger partial charge on any atom is -0.394 e. The van der Waals surface area contributed by atoms with Crippen LogP contribution in [0.15, 0.2) is 0 Å². The van der Waals surface area contributed by atoms with Gasteiger partial charge in [0.25, 0.3) is 0 Å². The molecule has 0 aliphatic carbocycles. The average molecular weight is 117 g/mol. The first-order valence-corrected chi connectivity index (χ1v) is 2.07. The summed E-state index contributed by atoms with van der Waals surface area (Å²) in [4.78, 5) is 19.7. The van der Waals surface area contributed by atoms with Gasteiger partial charge < -0.3 is 10.8 Å². The van der Waals surface area contributed by atoms with Crippen LogP contribution in [0.1, 0.15) is 0 Å². The zero-order chi connectivity index (χ0) is 6.57. The second-order valence-electron chi connectivity index (χ2n) is 1.31. The van der Waals surface area contributed by atoms with E-state index in [9.17, 15) is 9.59 Å². The predicted octanol–water partition coefficient (Wildman–Crippen LogP) is -1.93. The van der Waals surface area contributed by atoms with Crippen molar-refractivity contribution in [2.45, 2.75) is 6.04 Å². The topological polar surface area (TPSA) is 80.4 Å². The Balaban J connectivity index is 3.62. The zero-order valence-electron chi connectivity index (χ0n) is 4.20. The van der Waals surface area contributed by atoms with E-state index < -0.39 is 18.4 Å². The number of rotatable bonds is 3. The van der Waals surface area contributed by atoms with Crippen molar-refractivity contribution in [1.82, 2.24) is 0 Å². The van der Waals surface area contributed by atoms with Gasteiger partial charge in [0.1, 0.15) is 0 Å². The zero-order valence-corrected chi connectivity index (χ0v) is 4.20. The number of carbonyl (C=O) groups excluding carboxylic acids is 2. The number of nitrogens with two attached hydrogens (primary N) is 1. The van der Waals surface area contributed by atoms with E-state index >= 15 is 0 Å². The molecule has 0 bridgehead atoms. The molecule has 46 valence electrons. The third kappa shape index (κ3) is 1.81. The summed E-state index contributed by atoms with van der Waals surface area (Å²) >= 11 is 0. The van der Waals surface area contributed by atoms with Crippen LogP contribution in [0, 0.1) is 0 Å². The van der Waals surface area contributed by atoms with Crippen LogP contribution in [0.4, 0.5) is 0 Å². The number of hydrogen-bond donors (Lipinski definition) is 2. The van der Waals surface area contributed by atoms with Gasteiger partial charge in [-0.05, 0) is 0 Å². The molecule has 0 aromatic rings. The quantitative estimate of drug-likeness (QED) is 0.333. The van der Waals surface area contributed by atoms with Crippen molar-refractivity contribution in [3.63, 3.8) is 0 Å². The molecule has 0 heterocycles. The molecule has 8 heavy (non-hydrogen) atoms. The smallest absolute Gasteiger partial charge is 0.214 e. The standard InChI is InChI=1S/C4H7NO3/c5-3(1-6)4(8)2-7/h2-3,6H,1,5H2/t3-/m0/s1. The van der Waals surface area contributed by atoms with Crippen molar-refractivity contribution in [3.05, 3.63) is 0 Å². The molecule has 4 heteroatoms. The van der Waals surface area contributed by atoms with Gasteiger partial charge in [-0.2, -0.15) is 0 Å². The van der Waals surface area contributed by atoms with Crippen LogP contribution in [0.25, 0.3) is 0 Å². The largest absolute Gasteiger partial charge is 0.394 e. The molecule has 0 aliphatic rings. The summed E-state index contributed by atoms with van der Waals surface area (Å²) in [6.45, 7) is -0.475. The second-order valence-corrected chi connectivity index (χ2v) is 1.31. The Hall–Kier alpha value is -0.740. The maximum atomic E-state index is 10.1. The highest BCUT2D eigenvalue weighted by atomic mass is 16.3. The summed E-state index contributed by atoms with van der Waals surface area (Å²) in [7, 11) is 0. The number of aliphatic hydroxyl groups excluding tert-OH is 1. The normalized spacial score (nSPS) is 12.8. The molecule has 0 radical (unpaired) electrons. The number of aliphatic hydroxyl groups is 1. The monoisotopic (exact) mass is 117 g/mol. The van der Waals surface area contributed by atoms with E-state index in [1.165, 1.54) is 0 Å². The van der Waals surface area contributed by atoms with E-state index in [1.807, 2.05) is 0 Å². The summed E-state index contributed by atoms with van der Waals surface area (Å²) in [5, 5.41) is 8.13. The van der Waals surface area contributed by atoms with Crippen molar-refractivity contribution in [2.24, 2.45) is 5.73 Å². The third-order valence-electron chi connectivity index (χ3n) is 0.678. The number of Topliss-reactive ketones (excluding diaryl/α,β-unsaturated/α-hetero) is 1. The van der Waals surface area contributed by atoms with Crippen molar-refractivity contribution in [3.8, 4) is 0 Å². The molecule has 0 aliphatic heterocycles. The molecule has 0 aromatic heterocycles. The first kappa shape index (κ1) is 7.26. The fourth-order valence-electron chi connectivity index (χ4n) is 0.177. The number of aldehydes is 1. The molecule has 0 unspecified atom stereocenters. The third-order valence-corrected chi connectivity index (χ3v) is 0.678. The van der Waals surface area contributed by atoms with Gasteiger partial charge >= 0.3 is 0 Å². The summed E-state index contributed by atoms with van der Waals surface area (Å²) < 4.78 is 0. The van der Waals surface area contributed by atoms with Crippen LogP contribution < -0.4 is 5.73 Å². The summed E-state index contributed by atoms with van der Waals surface area (Å²) in [6.07, 6.45) is 0.0981. The average Bonchev–Trinajstić information content (AvgIpc) is 1.84. The molecule has 3 N–H and O–H groups in total. The van der Waals surface area contributed by atoms with Gasteiger partial charge in [-0.1, -0.05) is 0 Å². The molecule has 0 fully saturated rings. The molecule has 0 saturated heterocycles. The van der Waals surface area contributed by atoms with Crippen LogP contribution in [-0.4, -0.2) is 29.8 Å². The van der Waals surface area contributed by atoms with Crippen LogP contribution in [0.5, 0.6) is 0 Å². The fourth-order valence-corrected chi connectivity index (χ4v) is 0.177. The van der Waals surface area contributed by atoms with Crippen LogP contribution >= 0.6 is 0 Å². The Labute approximate surface area is 46.3 Å². The highest BCUT2D eigenvalue weighted by Crippen LogP contribution is 1.73. The van der Waals surface area contributed by atoms with Crippen molar-refractivity contribution in [1.29, 1.82) is 0 Å². The lowest BCUT2D eigenvalue weighted by Crippen LogP contribution is -2.34. The molecule has 0 aromatic carbocycles. The van der Waals surface area contributed by atoms with E-state index in [0.717, 1.165) is 0 Å². The van der Waals surface area contributed by atoms with Gasteiger partial charge in [0.05, 0.1) is 12.6 Å². The number of ketones is 1. The van der Waals surface area contributed by atoms with Crippen LogP contribution in [-0.2, 0) is 9.59 Å². The SMILES string of the molecule is N[C@@H](CO)C(=O)C=O. The molecule has 1 atom stereocenters. The van der Waals surface area contributed by atoms with E-state index in [0.29, 0.717) is 0 Å². The molecular formula is C4H7NO3. The van der Waals surface area contributed by atoms with E-state index in [2.05, 4.69) is 0 Å². The van der Waals surface area contributed by atoms with Gasteiger partial charge in [0.15, 0.2) is 6.29 Å². The Morgan fingerprint density at radius 1 is 1.88 bits per heavy atom. The lowest BCUT2D eigenvalue weighted by atomic mass is 10.2. The van der Waals surface area contributed by atoms with E-state index in [1.54, 1.807) is 0 Å². The Bertz CT molecular complexity index is 101. The van der Waals surface area contributed by atoms with E-state index in [4.69, 9.17) is 10.8 Å². The lowest BCUT2D eigenvalue weighted by molar-refractivity contribution is -0.131. The van der Waals surface area contributed by atoms with E-state index in [-0.39, 0.29) is 6.29 Å². The van der Waals surface area contributed by atoms with Crippen molar-refractivity contribution < 1.29 is 14.7 Å². The lowest BCUT2D eigenvalue weighted by Gasteiger charge is -1.97. The van der Waals surface area contributed by atoms with Gasteiger partial charge in [0.2, 0.25) is 5.78 Å². The molecule has 0 rings (SSSR count). The van der Waals surface area contributed by atoms with Crippen LogP contribution in [0.2, 0.25) is 0 Å². The first-order valence-electron chi connectivity index (χ1n) is 2.07. The molecule has 4 nitrogen and oxygen atoms in total. The minimum absolute atomic E-state index is 0.0981. The Morgan fingerprint density at radius 2 is 2.38 bits per heavy atom. The second kappa shape index (κ2) is 3.29. The summed E-state index contributed by atoms with van der Waals surface area (Å²) in [6, 6.07) is -1.03. The Morgan fingerprint density at radius 3 is 2.50 bits per heavy atom. The molecular weight excluding hydrogens is 110 g/mol. The van der Waals surface area contributed by atoms with Gasteiger partial charge in [-0.25, -0.2) is 0 Å². The summed E-state index contributed by atoms with van der Waals surface area (Å²) in [5.74, 6) is -0.771.